The standard InChI is InChI=1S/C30H28O4/c31-27-19-9-15-5-1-2-6-16(15)10-20(19)28(32)24-14-26-25(13-23(24)27)29(33)21-11-17-7-3-4-8-18(17)12-22(21)30(26)34/h1-8,19-26H,9-14H2/t19-,20+,21+,22-,23-,24-,25-,26+/m0/s1. The summed E-state index contributed by atoms with van der Waals surface area (Å²) in [5.74, 6) is -2.03. The third-order valence-electron chi connectivity index (χ3n) is 9.88. The summed E-state index contributed by atoms with van der Waals surface area (Å²) in [6, 6.07) is 16.2. The van der Waals surface area contributed by atoms with Crippen molar-refractivity contribution in [3.63, 3.8) is 0 Å². The van der Waals surface area contributed by atoms with Crippen molar-refractivity contribution in [2.75, 3.05) is 0 Å². The number of rotatable bonds is 0. The zero-order valence-electron chi connectivity index (χ0n) is 19.1. The van der Waals surface area contributed by atoms with Crippen molar-refractivity contribution in [1.29, 1.82) is 0 Å². The van der Waals surface area contributed by atoms with Gasteiger partial charge in [0, 0.05) is 47.3 Å². The zero-order valence-corrected chi connectivity index (χ0v) is 19.1. The predicted octanol–water partition coefficient (Wildman–Crippen LogP) is 3.61. The van der Waals surface area contributed by atoms with Crippen molar-refractivity contribution in [2.45, 2.75) is 38.5 Å². The van der Waals surface area contributed by atoms with Crippen LogP contribution in [0.4, 0.5) is 0 Å². The molecule has 4 nitrogen and oxygen atoms in total. The normalized spacial score (nSPS) is 38.1. The first-order chi connectivity index (χ1) is 16.5. The molecular weight excluding hydrogens is 424 g/mol. The summed E-state index contributed by atoms with van der Waals surface area (Å²) in [5, 5.41) is 0. The molecule has 0 spiro atoms. The van der Waals surface area contributed by atoms with Crippen molar-refractivity contribution in [3.05, 3.63) is 70.8 Å². The number of Topliss-reactive ketones (excluding diaryl/α,β-unsaturated/α-hetero) is 4. The van der Waals surface area contributed by atoms with Gasteiger partial charge in [-0.1, -0.05) is 48.5 Å². The number of benzene rings is 2. The molecule has 3 saturated carbocycles. The third kappa shape index (κ3) is 2.77. The second-order valence-corrected chi connectivity index (χ2v) is 11.3. The van der Waals surface area contributed by atoms with Gasteiger partial charge in [0.25, 0.3) is 0 Å². The average molecular weight is 453 g/mol. The van der Waals surface area contributed by atoms with Crippen LogP contribution in [0, 0.1) is 47.3 Å². The molecule has 172 valence electrons. The second-order valence-electron chi connectivity index (χ2n) is 11.3. The summed E-state index contributed by atoms with van der Waals surface area (Å²) in [5.41, 5.74) is 4.68. The molecule has 2 aromatic carbocycles. The van der Waals surface area contributed by atoms with Crippen LogP contribution < -0.4 is 0 Å². The topological polar surface area (TPSA) is 68.3 Å². The van der Waals surface area contributed by atoms with Crippen molar-refractivity contribution in [3.8, 4) is 0 Å². The van der Waals surface area contributed by atoms with E-state index in [2.05, 4.69) is 24.3 Å². The minimum atomic E-state index is -0.399. The van der Waals surface area contributed by atoms with E-state index in [0.29, 0.717) is 38.5 Å². The maximum Gasteiger partial charge on any atom is 0.140 e. The Bertz CT molecular complexity index is 1070. The summed E-state index contributed by atoms with van der Waals surface area (Å²) < 4.78 is 0. The lowest BCUT2D eigenvalue weighted by atomic mass is 9.50. The van der Waals surface area contributed by atoms with E-state index in [4.69, 9.17) is 0 Å². The summed E-state index contributed by atoms with van der Waals surface area (Å²) >= 11 is 0. The quantitative estimate of drug-likeness (QED) is 0.612. The first-order valence-electron chi connectivity index (χ1n) is 12.8. The highest BCUT2D eigenvalue weighted by atomic mass is 16.2. The third-order valence-corrected chi connectivity index (χ3v) is 9.88. The Morgan fingerprint density at radius 3 is 0.853 bits per heavy atom. The molecule has 34 heavy (non-hydrogen) atoms. The van der Waals surface area contributed by atoms with Gasteiger partial charge >= 0.3 is 0 Å². The van der Waals surface area contributed by atoms with Gasteiger partial charge in [0.15, 0.2) is 0 Å². The van der Waals surface area contributed by atoms with E-state index in [0.717, 1.165) is 0 Å². The van der Waals surface area contributed by atoms with Crippen LogP contribution in [0.15, 0.2) is 48.5 Å². The van der Waals surface area contributed by atoms with E-state index in [1.807, 2.05) is 24.3 Å². The van der Waals surface area contributed by atoms with Crippen LogP contribution in [0.1, 0.15) is 35.1 Å². The first kappa shape index (κ1) is 20.5. The van der Waals surface area contributed by atoms with Crippen LogP contribution in [-0.2, 0) is 44.9 Å². The predicted molar refractivity (Wildman–Crippen MR) is 125 cm³/mol. The molecule has 4 heteroatoms. The molecule has 0 aliphatic heterocycles. The van der Waals surface area contributed by atoms with Crippen molar-refractivity contribution < 1.29 is 19.2 Å². The lowest BCUT2D eigenvalue weighted by molar-refractivity contribution is -0.161. The molecule has 0 N–H and O–H groups in total. The van der Waals surface area contributed by atoms with E-state index >= 15 is 0 Å². The monoisotopic (exact) mass is 452 g/mol. The van der Waals surface area contributed by atoms with Crippen molar-refractivity contribution >= 4 is 23.1 Å². The van der Waals surface area contributed by atoms with Gasteiger partial charge in [-0.15, -0.1) is 0 Å². The van der Waals surface area contributed by atoms with Crippen LogP contribution in [0.2, 0.25) is 0 Å². The maximum absolute atomic E-state index is 13.7. The number of hydrogen-bond donors (Lipinski definition) is 0. The van der Waals surface area contributed by atoms with Crippen LogP contribution in [-0.4, -0.2) is 23.1 Å². The number of carbonyl (C=O) groups excluding carboxylic acids is 4. The van der Waals surface area contributed by atoms with Crippen molar-refractivity contribution in [2.24, 2.45) is 47.3 Å². The highest BCUT2D eigenvalue weighted by Crippen LogP contribution is 2.53. The highest BCUT2D eigenvalue weighted by molar-refractivity contribution is 6.04. The summed E-state index contributed by atoms with van der Waals surface area (Å²) in [6.07, 6.45) is 3.27. The summed E-state index contributed by atoms with van der Waals surface area (Å²) in [6.45, 7) is 0. The van der Waals surface area contributed by atoms with E-state index in [1.54, 1.807) is 0 Å². The molecule has 0 saturated heterocycles. The van der Waals surface area contributed by atoms with Crippen LogP contribution in [0.3, 0.4) is 0 Å². The fraction of sp³-hybridized carbons (Fsp3) is 0.467. The Morgan fingerprint density at radius 2 is 0.618 bits per heavy atom. The van der Waals surface area contributed by atoms with Gasteiger partial charge in [-0.25, -0.2) is 0 Å². The van der Waals surface area contributed by atoms with Crippen LogP contribution >= 0.6 is 0 Å². The summed E-state index contributed by atoms with van der Waals surface area (Å²) in [7, 11) is 0. The van der Waals surface area contributed by atoms with E-state index in [-0.39, 0.29) is 46.8 Å². The molecule has 0 bridgehead atoms. The van der Waals surface area contributed by atoms with E-state index in [9.17, 15) is 19.2 Å². The SMILES string of the molecule is O=C1[C@H]2C[C@@H]3C(=O)[C@@H]4Cc5ccccc5C[C@@H]4C(=O)[C@@H]3C[C@@H]2C(=O)[C@@H]2Cc3ccccc3C[C@H]12. The second kappa shape index (κ2) is 7.31. The van der Waals surface area contributed by atoms with Gasteiger partial charge in [0.1, 0.15) is 23.1 Å². The van der Waals surface area contributed by atoms with Gasteiger partial charge in [-0.3, -0.25) is 19.2 Å². The average Bonchev–Trinajstić information content (AvgIpc) is 2.88. The largest absolute Gasteiger partial charge is 0.299 e. The molecule has 0 radical (unpaired) electrons. The molecule has 0 amide bonds. The molecule has 2 aromatic rings. The van der Waals surface area contributed by atoms with E-state index in [1.165, 1.54) is 22.3 Å². The van der Waals surface area contributed by atoms with Gasteiger partial charge < -0.3 is 0 Å². The fourth-order valence-corrected chi connectivity index (χ4v) is 8.19. The van der Waals surface area contributed by atoms with Gasteiger partial charge in [-0.2, -0.15) is 0 Å². The van der Waals surface area contributed by atoms with Crippen molar-refractivity contribution in [1.82, 2.24) is 0 Å². The van der Waals surface area contributed by atoms with Crippen LogP contribution in [0.25, 0.3) is 0 Å². The Hall–Kier alpha value is -2.88. The van der Waals surface area contributed by atoms with E-state index < -0.39 is 23.7 Å². The Balaban J connectivity index is 1.21. The Morgan fingerprint density at radius 1 is 0.382 bits per heavy atom. The molecular formula is C30H28O4. The fourth-order valence-electron chi connectivity index (χ4n) is 8.19. The van der Waals surface area contributed by atoms with Gasteiger partial charge in [-0.05, 0) is 60.8 Å². The molecule has 5 aliphatic rings. The maximum atomic E-state index is 13.7. The molecule has 7 rings (SSSR count). The molecule has 3 fully saturated rings. The minimum absolute atomic E-state index is 0.166. The lowest BCUT2D eigenvalue weighted by Gasteiger charge is -2.50. The Kier molecular flexibility index (Phi) is 4.40. The molecule has 0 unspecified atom stereocenters. The smallest absolute Gasteiger partial charge is 0.140 e. The number of hydrogen-bond acceptors (Lipinski definition) is 4. The summed E-state index contributed by atoms with van der Waals surface area (Å²) in [4.78, 5) is 54.8. The minimum Gasteiger partial charge on any atom is -0.299 e. The number of carbonyl (C=O) groups is 4. The lowest BCUT2D eigenvalue weighted by Crippen LogP contribution is -2.59. The number of fused-ring (bicyclic) bond motifs is 6. The Labute approximate surface area is 199 Å². The number of ketones is 4. The molecule has 0 heterocycles. The first-order valence-corrected chi connectivity index (χ1v) is 12.8. The van der Waals surface area contributed by atoms with Crippen LogP contribution in [0.5, 0.6) is 0 Å². The van der Waals surface area contributed by atoms with Gasteiger partial charge in [0.05, 0.1) is 0 Å². The molecule has 5 aliphatic carbocycles. The zero-order chi connectivity index (χ0) is 23.1. The van der Waals surface area contributed by atoms with Gasteiger partial charge in [0.2, 0.25) is 0 Å². The highest BCUT2D eigenvalue weighted by Gasteiger charge is 2.59. The molecule has 0 aromatic heterocycles. The molecule has 8 atom stereocenters.